The molecule has 0 radical (unpaired) electrons. The van der Waals surface area contributed by atoms with Crippen LogP contribution in [0.5, 0.6) is 0 Å². The van der Waals surface area contributed by atoms with Crippen molar-refractivity contribution in [2.75, 3.05) is 5.32 Å². The molecule has 0 spiro atoms. The van der Waals surface area contributed by atoms with Gasteiger partial charge >= 0.3 is 0 Å². The van der Waals surface area contributed by atoms with Crippen molar-refractivity contribution in [3.05, 3.63) is 89.8 Å². The fraction of sp³-hybridized carbons (Fsp3) is 0.0909. The van der Waals surface area contributed by atoms with Crippen LogP contribution in [0.25, 0.3) is 10.9 Å². The van der Waals surface area contributed by atoms with E-state index in [0.29, 0.717) is 11.6 Å². The molecule has 0 bridgehead atoms. The molecule has 0 unspecified atom stereocenters. The smallest absolute Gasteiger partial charge is 0.270 e. The molecule has 0 saturated heterocycles. The van der Waals surface area contributed by atoms with Crippen molar-refractivity contribution >= 4 is 28.3 Å². The Morgan fingerprint density at radius 1 is 1.03 bits per heavy atom. The van der Waals surface area contributed by atoms with Crippen molar-refractivity contribution in [2.24, 2.45) is 0 Å². The van der Waals surface area contributed by atoms with E-state index in [9.17, 15) is 9.18 Å². The van der Waals surface area contributed by atoms with Gasteiger partial charge in [0.05, 0.1) is 11.2 Å². The van der Waals surface area contributed by atoms with Crippen molar-refractivity contribution in [2.45, 2.75) is 13.5 Å². The lowest BCUT2D eigenvalue weighted by Gasteiger charge is -2.11. The number of halogens is 1. The standard InChI is InChI=1S/C22H18FN5O/c1-14-26-19(22(29)25-13-15-7-9-17(23)10-8-15)12-20(27-14)28-18-6-2-4-16-5-3-11-24-21(16)18/h2-12H,13H2,1H3,(H,25,29)(H,26,27,28). The van der Waals surface area contributed by atoms with Crippen molar-refractivity contribution in [3.8, 4) is 0 Å². The highest BCUT2D eigenvalue weighted by Gasteiger charge is 2.12. The van der Waals surface area contributed by atoms with Crippen LogP contribution in [0.15, 0.2) is 66.9 Å². The first-order valence-electron chi connectivity index (χ1n) is 9.07. The average Bonchev–Trinajstić information content (AvgIpc) is 2.73. The number of hydrogen-bond acceptors (Lipinski definition) is 5. The lowest BCUT2D eigenvalue weighted by molar-refractivity contribution is 0.0945. The third-order valence-electron chi connectivity index (χ3n) is 4.33. The third kappa shape index (κ3) is 4.35. The van der Waals surface area contributed by atoms with E-state index in [-0.39, 0.29) is 24.0 Å². The van der Waals surface area contributed by atoms with Gasteiger partial charge in [0.15, 0.2) is 0 Å². The number of fused-ring (bicyclic) bond motifs is 1. The Morgan fingerprint density at radius 3 is 2.66 bits per heavy atom. The normalized spacial score (nSPS) is 10.7. The van der Waals surface area contributed by atoms with E-state index in [2.05, 4.69) is 25.6 Å². The van der Waals surface area contributed by atoms with Crippen LogP contribution < -0.4 is 10.6 Å². The number of carbonyl (C=O) groups excluding carboxylic acids is 1. The summed E-state index contributed by atoms with van der Waals surface area (Å²) >= 11 is 0. The third-order valence-corrected chi connectivity index (χ3v) is 4.33. The summed E-state index contributed by atoms with van der Waals surface area (Å²) in [6, 6.07) is 17.2. The zero-order chi connectivity index (χ0) is 20.2. The van der Waals surface area contributed by atoms with Crippen molar-refractivity contribution < 1.29 is 9.18 Å². The van der Waals surface area contributed by atoms with Gasteiger partial charge in [-0.1, -0.05) is 30.3 Å². The molecule has 7 heteroatoms. The van der Waals surface area contributed by atoms with Crippen LogP contribution in [0.4, 0.5) is 15.9 Å². The molecule has 4 rings (SSSR count). The summed E-state index contributed by atoms with van der Waals surface area (Å²) in [6.45, 7) is 2.00. The molecule has 4 aromatic rings. The fourth-order valence-corrected chi connectivity index (χ4v) is 2.97. The van der Waals surface area contributed by atoms with Gasteiger partial charge in [0.25, 0.3) is 5.91 Å². The quantitative estimate of drug-likeness (QED) is 0.538. The molecule has 0 aliphatic heterocycles. The maximum atomic E-state index is 13.0. The van der Waals surface area contributed by atoms with Gasteiger partial charge < -0.3 is 10.6 Å². The molecule has 0 aliphatic rings. The van der Waals surface area contributed by atoms with Gasteiger partial charge in [-0.05, 0) is 36.8 Å². The Bertz CT molecular complexity index is 1170. The van der Waals surface area contributed by atoms with Crippen LogP contribution >= 0.6 is 0 Å². The molecule has 1 amide bonds. The highest BCUT2D eigenvalue weighted by atomic mass is 19.1. The van der Waals surface area contributed by atoms with Crippen LogP contribution in [0.3, 0.4) is 0 Å². The highest BCUT2D eigenvalue weighted by Crippen LogP contribution is 2.24. The first-order chi connectivity index (χ1) is 14.1. The van der Waals surface area contributed by atoms with Gasteiger partial charge in [-0.3, -0.25) is 9.78 Å². The predicted octanol–water partition coefficient (Wildman–Crippen LogP) is 4.15. The summed E-state index contributed by atoms with van der Waals surface area (Å²) in [5.41, 5.74) is 2.65. The maximum Gasteiger partial charge on any atom is 0.270 e. The number of nitrogens with one attached hydrogen (secondary N) is 2. The number of anilines is 2. The minimum absolute atomic E-state index is 0.246. The molecule has 2 heterocycles. The van der Waals surface area contributed by atoms with Gasteiger partial charge in [-0.15, -0.1) is 0 Å². The summed E-state index contributed by atoms with van der Waals surface area (Å²) in [7, 11) is 0. The van der Waals surface area contributed by atoms with Gasteiger partial charge in [-0.25, -0.2) is 14.4 Å². The Hall–Kier alpha value is -3.87. The van der Waals surface area contributed by atoms with Crippen LogP contribution in [0, 0.1) is 12.7 Å². The van der Waals surface area contributed by atoms with E-state index in [4.69, 9.17) is 0 Å². The summed E-state index contributed by atoms with van der Waals surface area (Å²) in [5.74, 6) is 0.321. The molecule has 0 aliphatic carbocycles. The predicted molar refractivity (Wildman–Crippen MR) is 109 cm³/mol. The Morgan fingerprint density at radius 2 is 1.83 bits per heavy atom. The number of para-hydroxylation sites is 1. The van der Waals surface area contributed by atoms with E-state index in [1.165, 1.54) is 12.1 Å². The number of rotatable bonds is 5. The van der Waals surface area contributed by atoms with Crippen molar-refractivity contribution in [1.82, 2.24) is 20.3 Å². The second-order valence-corrected chi connectivity index (χ2v) is 6.50. The number of amides is 1. The van der Waals surface area contributed by atoms with E-state index in [1.807, 2.05) is 30.3 Å². The van der Waals surface area contributed by atoms with E-state index < -0.39 is 0 Å². The maximum absolute atomic E-state index is 13.0. The van der Waals surface area contributed by atoms with Crippen LogP contribution in [0.2, 0.25) is 0 Å². The number of hydrogen-bond donors (Lipinski definition) is 2. The summed E-state index contributed by atoms with van der Waals surface area (Å²) in [4.78, 5) is 25.6. The summed E-state index contributed by atoms with van der Waals surface area (Å²) < 4.78 is 13.0. The van der Waals surface area contributed by atoms with Gasteiger partial charge in [0, 0.05) is 24.2 Å². The Kier molecular flexibility index (Phi) is 5.11. The second-order valence-electron chi connectivity index (χ2n) is 6.50. The molecule has 6 nitrogen and oxygen atoms in total. The summed E-state index contributed by atoms with van der Waals surface area (Å²) in [5, 5.41) is 7.02. The zero-order valence-corrected chi connectivity index (χ0v) is 15.7. The molecule has 29 heavy (non-hydrogen) atoms. The highest BCUT2D eigenvalue weighted by molar-refractivity contribution is 5.94. The number of aryl methyl sites for hydroxylation is 1. The molecule has 2 aromatic carbocycles. The largest absolute Gasteiger partial charge is 0.347 e. The van der Waals surface area contributed by atoms with Crippen molar-refractivity contribution in [3.63, 3.8) is 0 Å². The van der Waals surface area contributed by atoms with E-state index in [1.54, 1.807) is 31.3 Å². The van der Waals surface area contributed by atoms with Crippen molar-refractivity contribution in [1.29, 1.82) is 0 Å². The number of benzene rings is 2. The molecule has 0 fully saturated rings. The van der Waals surface area contributed by atoms with Gasteiger partial charge in [0.1, 0.15) is 23.2 Å². The number of pyridine rings is 1. The first-order valence-corrected chi connectivity index (χ1v) is 9.07. The Balaban J connectivity index is 1.54. The number of carbonyl (C=O) groups is 1. The first kappa shape index (κ1) is 18.5. The lowest BCUT2D eigenvalue weighted by Crippen LogP contribution is -2.24. The molecule has 2 aromatic heterocycles. The second kappa shape index (κ2) is 8.02. The molecule has 144 valence electrons. The lowest BCUT2D eigenvalue weighted by atomic mass is 10.2. The van der Waals surface area contributed by atoms with E-state index in [0.717, 1.165) is 22.2 Å². The minimum Gasteiger partial charge on any atom is -0.347 e. The van der Waals surface area contributed by atoms with E-state index >= 15 is 0 Å². The molecule has 2 N–H and O–H groups in total. The molecule has 0 saturated carbocycles. The SMILES string of the molecule is Cc1nc(Nc2cccc3cccnc23)cc(C(=O)NCc2ccc(F)cc2)n1. The van der Waals surface area contributed by atoms with Crippen LogP contribution in [0.1, 0.15) is 21.9 Å². The molecular weight excluding hydrogens is 369 g/mol. The Labute approximate surface area is 166 Å². The fourth-order valence-electron chi connectivity index (χ4n) is 2.97. The minimum atomic E-state index is -0.334. The van der Waals surface area contributed by atoms with Gasteiger partial charge in [0.2, 0.25) is 0 Å². The van der Waals surface area contributed by atoms with Crippen LogP contribution in [-0.4, -0.2) is 20.9 Å². The monoisotopic (exact) mass is 387 g/mol. The summed E-state index contributed by atoms with van der Waals surface area (Å²) in [6.07, 6.45) is 1.73. The molecular formula is C22H18FN5O. The number of nitrogens with zero attached hydrogens (tertiary/aromatic N) is 3. The van der Waals surface area contributed by atoms with Crippen LogP contribution in [-0.2, 0) is 6.54 Å². The zero-order valence-electron chi connectivity index (χ0n) is 15.7. The molecule has 0 atom stereocenters. The number of aromatic nitrogens is 3. The topological polar surface area (TPSA) is 79.8 Å². The average molecular weight is 387 g/mol. The van der Waals surface area contributed by atoms with Gasteiger partial charge in [-0.2, -0.15) is 0 Å².